The van der Waals surface area contributed by atoms with E-state index in [0.717, 1.165) is 5.69 Å². The van der Waals surface area contributed by atoms with E-state index in [1.54, 1.807) is 12.3 Å². The molecule has 112 valence electrons. The van der Waals surface area contributed by atoms with Crippen LogP contribution in [0.4, 0.5) is 5.13 Å². The van der Waals surface area contributed by atoms with Gasteiger partial charge in [-0.1, -0.05) is 0 Å². The summed E-state index contributed by atoms with van der Waals surface area (Å²) in [6, 6.07) is 0. The van der Waals surface area contributed by atoms with Crippen molar-refractivity contribution in [3.05, 3.63) is 11.1 Å². The van der Waals surface area contributed by atoms with Gasteiger partial charge < -0.3 is 17.2 Å². The molecular weight excluding hydrogens is 322 g/mol. The lowest BCUT2D eigenvalue weighted by Crippen LogP contribution is -2.26. The van der Waals surface area contributed by atoms with Gasteiger partial charge in [0, 0.05) is 11.1 Å². The van der Waals surface area contributed by atoms with Crippen molar-refractivity contribution in [3.8, 4) is 0 Å². The first-order chi connectivity index (χ1) is 9.17. The first kappa shape index (κ1) is 16.7. The van der Waals surface area contributed by atoms with E-state index in [-0.39, 0.29) is 17.0 Å². The lowest BCUT2D eigenvalue weighted by atomic mass is 10.4. The molecule has 0 fully saturated rings. The molecule has 0 saturated heterocycles. The standard InChI is InChI=1S/C8H15N7O2S3/c1-4(6(9)15-20(12,16)17)18-2-5-3-19-8(13-5)14-7(10)11/h3-4H,2H2,1H3,(H2,9,15)(H2,12,16,17)(H4,10,11,13,14). The van der Waals surface area contributed by atoms with Gasteiger partial charge in [0.1, 0.15) is 5.84 Å². The van der Waals surface area contributed by atoms with Crippen molar-refractivity contribution >= 4 is 50.2 Å². The number of nitrogens with two attached hydrogens (primary N) is 4. The van der Waals surface area contributed by atoms with E-state index in [9.17, 15) is 8.42 Å². The number of hydrogen-bond acceptors (Lipinski definition) is 6. The Kier molecular flexibility index (Phi) is 5.74. The Bertz CT molecular complexity index is 618. The Morgan fingerprint density at radius 1 is 1.50 bits per heavy atom. The van der Waals surface area contributed by atoms with Gasteiger partial charge in [-0.25, -0.2) is 10.1 Å². The van der Waals surface area contributed by atoms with Crippen molar-refractivity contribution in [2.24, 2.45) is 31.7 Å². The fraction of sp³-hybridized carbons (Fsp3) is 0.375. The molecule has 1 unspecified atom stereocenters. The minimum atomic E-state index is -3.97. The Hall–Kier alpha value is -1.37. The monoisotopic (exact) mass is 337 g/mol. The number of guanidine groups is 1. The molecule has 12 heteroatoms. The van der Waals surface area contributed by atoms with Gasteiger partial charge in [0.25, 0.3) is 0 Å². The quantitative estimate of drug-likeness (QED) is 0.389. The molecule has 1 rings (SSSR count). The number of thiazole rings is 1. The molecule has 20 heavy (non-hydrogen) atoms. The van der Waals surface area contributed by atoms with Crippen LogP contribution >= 0.6 is 23.1 Å². The van der Waals surface area contributed by atoms with Crippen LogP contribution in [0, 0.1) is 0 Å². The van der Waals surface area contributed by atoms with Crippen molar-refractivity contribution in [3.63, 3.8) is 0 Å². The van der Waals surface area contributed by atoms with Crippen LogP contribution in [0.2, 0.25) is 0 Å². The molecule has 1 aromatic heterocycles. The Morgan fingerprint density at radius 3 is 2.70 bits per heavy atom. The maximum atomic E-state index is 10.8. The van der Waals surface area contributed by atoms with Crippen molar-refractivity contribution in [1.29, 1.82) is 0 Å². The van der Waals surface area contributed by atoms with Crippen LogP contribution in [0.15, 0.2) is 14.8 Å². The van der Waals surface area contributed by atoms with Gasteiger partial charge in [0.15, 0.2) is 5.96 Å². The van der Waals surface area contributed by atoms with E-state index >= 15 is 0 Å². The molecule has 1 heterocycles. The molecule has 0 radical (unpaired) electrons. The zero-order valence-corrected chi connectivity index (χ0v) is 13.0. The molecule has 0 aromatic carbocycles. The minimum Gasteiger partial charge on any atom is -0.385 e. The van der Waals surface area contributed by atoms with Gasteiger partial charge in [-0.15, -0.1) is 27.5 Å². The Balaban J connectivity index is 2.61. The first-order valence-electron chi connectivity index (χ1n) is 5.21. The van der Waals surface area contributed by atoms with Gasteiger partial charge in [0.05, 0.1) is 10.9 Å². The number of thioether (sulfide) groups is 1. The van der Waals surface area contributed by atoms with Crippen LogP contribution in [0.3, 0.4) is 0 Å². The van der Waals surface area contributed by atoms with Crippen molar-refractivity contribution < 1.29 is 8.42 Å². The maximum Gasteiger partial charge on any atom is 0.318 e. The number of hydrogen-bond donors (Lipinski definition) is 4. The van der Waals surface area contributed by atoms with Crippen LogP contribution in [0.5, 0.6) is 0 Å². The number of aromatic nitrogens is 1. The molecule has 8 N–H and O–H groups in total. The molecule has 0 bridgehead atoms. The average molecular weight is 337 g/mol. The predicted molar refractivity (Wildman–Crippen MR) is 83.1 cm³/mol. The summed E-state index contributed by atoms with van der Waals surface area (Å²) >= 11 is 2.67. The summed E-state index contributed by atoms with van der Waals surface area (Å²) in [5.74, 6) is 0.395. The highest BCUT2D eigenvalue weighted by atomic mass is 32.2. The third kappa shape index (κ3) is 6.18. The summed E-state index contributed by atoms with van der Waals surface area (Å²) in [6.45, 7) is 1.72. The van der Waals surface area contributed by atoms with Crippen molar-refractivity contribution in [1.82, 2.24) is 4.98 Å². The second-order valence-electron chi connectivity index (χ2n) is 3.64. The van der Waals surface area contributed by atoms with E-state index in [2.05, 4.69) is 14.4 Å². The number of rotatable bonds is 6. The summed E-state index contributed by atoms with van der Waals surface area (Å²) in [5.41, 5.74) is 16.8. The highest BCUT2D eigenvalue weighted by molar-refractivity contribution is 7.99. The van der Waals surface area contributed by atoms with Crippen molar-refractivity contribution in [2.45, 2.75) is 17.9 Å². The average Bonchev–Trinajstić information content (AvgIpc) is 2.70. The van der Waals surface area contributed by atoms with Crippen LogP contribution in [-0.4, -0.2) is 30.4 Å². The van der Waals surface area contributed by atoms with Crippen LogP contribution < -0.4 is 22.3 Å². The largest absolute Gasteiger partial charge is 0.385 e. The highest BCUT2D eigenvalue weighted by Gasteiger charge is 2.12. The van der Waals surface area contributed by atoms with E-state index in [4.69, 9.17) is 22.3 Å². The zero-order chi connectivity index (χ0) is 15.3. The number of nitrogens with zero attached hydrogens (tertiary/aromatic N) is 3. The van der Waals surface area contributed by atoms with Gasteiger partial charge in [-0.3, -0.25) is 0 Å². The molecule has 0 aliphatic carbocycles. The smallest absolute Gasteiger partial charge is 0.318 e. The molecule has 1 aromatic rings. The lowest BCUT2D eigenvalue weighted by molar-refractivity contribution is 0.599. The molecule has 0 aliphatic rings. The number of aliphatic imine (C=N–C) groups is 1. The summed E-state index contributed by atoms with van der Waals surface area (Å²) in [5, 5.41) is 6.72. The summed E-state index contributed by atoms with van der Waals surface area (Å²) in [4.78, 5) is 8.00. The molecular formula is C8H15N7O2S3. The summed E-state index contributed by atoms with van der Waals surface area (Å²) in [7, 11) is -3.97. The van der Waals surface area contributed by atoms with E-state index in [1.807, 2.05) is 0 Å². The predicted octanol–water partition coefficient (Wildman–Crippen LogP) is -0.770. The van der Waals surface area contributed by atoms with Gasteiger partial charge in [-0.2, -0.15) is 13.4 Å². The van der Waals surface area contributed by atoms with Gasteiger partial charge in [-0.05, 0) is 6.92 Å². The van der Waals surface area contributed by atoms with E-state index in [0.29, 0.717) is 10.9 Å². The fourth-order valence-corrected chi connectivity index (χ4v) is 3.16. The normalized spacial score (nSPS) is 14.0. The molecule has 1 atom stereocenters. The third-order valence-corrected chi connectivity index (χ3v) is 4.35. The molecule has 9 nitrogen and oxygen atoms in total. The molecule has 0 amide bonds. The fourth-order valence-electron chi connectivity index (χ4n) is 1.04. The van der Waals surface area contributed by atoms with Gasteiger partial charge in [0.2, 0.25) is 5.13 Å². The van der Waals surface area contributed by atoms with Crippen LogP contribution in [0.25, 0.3) is 0 Å². The van der Waals surface area contributed by atoms with Gasteiger partial charge >= 0.3 is 10.2 Å². The summed E-state index contributed by atoms with van der Waals surface area (Å²) in [6.07, 6.45) is 0. The van der Waals surface area contributed by atoms with Crippen LogP contribution in [0.1, 0.15) is 12.6 Å². The zero-order valence-electron chi connectivity index (χ0n) is 10.6. The molecule has 0 aliphatic heterocycles. The second kappa shape index (κ2) is 6.88. The maximum absolute atomic E-state index is 10.8. The highest BCUT2D eigenvalue weighted by Crippen LogP contribution is 2.23. The van der Waals surface area contributed by atoms with E-state index < -0.39 is 10.2 Å². The first-order valence-corrected chi connectivity index (χ1v) is 8.64. The molecule has 0 spiro atoms. The topological polar surface area (TPSA) is 176 Å². The second-order valence-corrected chi connectivity index (χ2v) is 7.02. The Morgan fingerprint density at radius 2 is 2.15 bits per heavy atom. The molecule has 0 saturated carbocycles. The Labute approximate surface area is 124 Å². The number of amidine groups is 1. The van der Waals surface area contributed by atoms with E-state index in [1.165, 1.54) is 23.1 Å². The minimum absolute atomic E-state index is 0.0582. The summed E-state index contributed by atoms with van der Waals surface area (Å²) < 4.78 is 24.8. The SMILES string of the molecule is CC(SCc1csc(N=C(N)N)n1)C(N)=NS(N)(=O)=O. The van der Waals surface area contributed by atoms with Crippen molar-refractivity contribution in [2.75, 3.05) is 0 Å². The third-order valence-electron chi connectivity index (χ3n) is 1.89. The lowest BCUT2D eigenvalue weighted by Gasteiger charge is -2.08. The van der Waals surface area contributed by atoms with Crippen LogP contribution in [-0.2, 0) is 16.0 Å².